The van der Waals surface area contributed by atoms with Crippen LogP contribution in [0.25, 0.3) is 0 Å². The van der Waals surface area contributed by atoms with Crippen molar-refractivity contribution in [3.8, 4) is 0 Å². The van der Waals surface area contributed by atoms with Gasteiger partial charge in [0, 0.05) is 24.3 Å². The fourth-order valence-electron chi connectivity index (χ4n) is 2.40. The molecule has 6 heteroatoms. The van der Waals surface area contributed by atoms with E-state index in [1.54, 1.807) is 35.2 Å². The Bertz CT molecular complexity index is 732. The minimum absolute atomic E-state index is 0.00963. The minimum atomic E-state index is -0.189. The van der Waals surface area contributed by atoms with Crippen molar-refractivity contribution in [1.82, 2.24) is 4.90 Å². The number of Topliss-reactive ketones (excluding diaryl/α,β-unsaturated/α-hetero) is 1. The Hall–Kier alpha value is -2.47. The van der Waals surface area contributed by atoms with Crippen molar-refractivity contribution in [2.45, 2.75) is 6.92 Å². The number of benzene rings is 1. The number of rotatable bonds is 4. The van der Waals surface area contributed by atoms with E-state index in [4.69, 9.17) is 0 Å². The molecule has 2 amide bonds. The maximum Gasteiger partial charge on any atom is 0.263 e. The van der Waals surface area contributed by atoms with Crippen LogP contribution in [0.1, 0.15) is 27.0 Å². The third-order valence-corrected chi connectivity index (χ3v) is 4.69. The summed E-state index contributed by atoms with van der Waals surface area (Å²) in [6.45, 7) is 2.38. The molecule has 1 aromatic carbocycles. The molecule has 1 fully saturated rings. The van der Waals surface area contributed by atoms with Crippen LogP contribution in [-0.2, 0) is 4.79 Å². The molecule has 0 unspecified atom stereocenters. The van der Waals surface area contributed by atoms with E-state index in [-0.39, 0.29) is 23.5 Å². The fraction of sp³-hybridized carbons (Fsp3) is 0.235. The van der Waals surface area contributed by atoms with Gasteiger partial charge in [-0.2, -0.15) is 0 Å². The molecular formula is C17H16N2O3S. The van der Waals surface area contributed by atoms with E-state index in [0.717, 1.165) is 0 Å². The molecule has 0 bridgehead atoms. The number of thiophene rings is 1. The lowest BCUT2D eigenvalue weighted by Gasteiger charge is -2.37. The van der Waals surface area contributed by atoms with Crippen LogP contribution in [0.2, 0.25) is 0 Å². The molecule has 1 aromatic heterocycles. The normalized spacial score (nSPS) is 14.2. The SMILES string of the molecule is CC(=O)c1ccc(NC(=O)C2CN(C(=O)c3cccs3)C2)cc1. The molecule has 2 heterocycles. The van der Waals surface area contributed by atoms with Gasteiger partial charge in [-0.3, -0.25) is 14.4 Å². The van der Waals surface area contributed by atoms with Crippen LogP contribution in [0.5, 0.6) is 0 Å². The summed E-state index contributed by atoms with van der Waals surface area (Å²) in [4.78, 5) is 37.8. The Kier molecular flexibility index (Phi) is 4.25. The van der Waals surface area contributed by atoms with Crippen LogP contribution < -0.4 is 5.32 Å². The summed E-state index contributed by atoms with van der Waals surface area (Å²) in [5, 5.41) is 4.68. The summed E-state index contributed by atoms with van der Waals surface area (Å²) in [5.74, 6) is -0.318. The number of ketones is 1. The van der Waals surface area contributed by atoms with Gasteiger partial charge in [-0.1, -0.05) is 6.07 Å². The molecule has 0 radical (unpaired) electrons. The summed E-state index contributed by atoms with van der Waals surface area (Å²) in [6, 6.07) is 10.4. The topological polar surface area (TPSA) is 66.5 Å². The Labute approximate surface area is 137 Å². The van der Waals surface area contributed by atoms with Crippen LogP contribution in [0, 0.1) is 5.92 Å². The first-order valence-electron chi connectivity index (χ1n) is 7.29. The first kappa shape index (κ1) is 15.4. The van der Waals surface area contributed by atoms with Gasteiger partial charge in [-0.05, 0) is 42.6 Å². The largest absolute Gasteiger partial charge is 0.336 e. The van der Waals surface area contributed by atoms with Crippen molar-refractivity contribution >= 4 is 34.6 Å². The van der Waals surface area contributed by atoms with E-state index in [2.05, 4.69) is 5.32 Å². The summed E-state index contributed by atoms with van der Waals surface area (Å²) in [7, 11) is 0. The molecule has 118 valence electrons. The molecule has 1 N–H and O–H groups in total. The van der Waals surface area contributed by atoms with Gasteiger partial charge < -0.3 is 10.2 Å². The van der Waals surface area contributed by atoms with Crippen LogP contribution in [0.15, 0.2) is 41.8 Å². The summed E-state index contributed by atoms with van der Waals surface area (Å²) in [6.07, 6.45) is 0. The van der Waals surface area contributed by atoms with E-state index < -0.39 is 0 Å². The number of amides is 2. The second-order valence-electron chi connectivity index (χ2n) is 5.51. The monoisotopic (exact) mass is 328 g/mol. The molecule has 1 aliphatic rings. The molecule has 1 aliphatic heterocycles. The lowest BCUT2D eigenvalue weighted by Crippen LogP contribution is -2.54. The second kappa shape index (κ2) is 6.34. The minimum Gasteiger partial charge on any atom is -0.336 e. The third kappa shape index (κ3) is 3.32. The molecule has 23 heavy (non-hydrogen) atoms. The maximum atomic E-state index is 12.2. The van der Waals surface area contributed by atoms with Gasteiger partial charge in [0.25, 0.3) is 5.91 Å². The second-order valence-corrected chi connectivity index (χ2v) is 6.45. The number of hydrogen-bond acceptors (Lipinski definition) is 4. The molecule has 0 atom stereocenters. The third-order valence-electron chi connectivity index (χ3n) is 3.83. The molecule has 0 spiro atoms. The van der Waals surface area contributed by atoms with Crippen molar-refractivity contribution < 1.29 is 14.4 Å². The lowest BCUT2D eigenvalue weighted by atomic mass is 9.98. The number of nitrogens with zero attached hydrogens (tertiary/aromatic N) is 1. The van der Waals surface area contributed by atoms with E-state index in [1.807, 2.05) is 11.4 Å². The summed E-state index contributed by atoms with van der Waals surface area (Å²) >= 11 is 1.41. The van der Waals surface area contributed by atoms with Gasteiger partial charge >= 0.3 is 0 Å². The van der Waals surface area contributed by atoms with Crippen molar-refractivity contribution in [1.29, 1.82) is 0 Å². The van der Waals surface area contributed by atoms with Crippen LogP contribution >= 0.6 is 11.3 Å². The van der Waals surface area contributed by atoms with Crippen molar-refractivity contribution in [2.75, 3.05) is 18.4 Å². The Morgan fingerprint density at radius 1 is 1.13 bits per heavy atom. The molecule has 0 aliphatic carbocycles. The molecule has 0 saturated carbocycles. The van der Waals surface area contributed by atoms with Crippen LogP contribution in [0.4, 0.5) is 5.69 Å². The zero-order valence-corrected chi connectivity index (χ0v) is 13.4. The van der Waals surface area contributed by atoms with Gasteiger partial charge in [0.2, 0.25) is 5.91 Å². The van der Waals surface area contributed by atoms with Gasteiger partial charge in [-0.15, -0.1) is 11.3 Å². The van der Waals surface area contributed by atoms with Crippen LogP contribution in [0.3, 0.4) is 0 Å². The maximum absolute atomic E-state index is 12.2. The van der Waals surface area contributed by atoms with E-state index >= 15 is 0 Å². The molecule has 5 nitrogen and oxygen atoms in total. The molecule has 3 rings (SSSR count). The lowest BCUT2D eigenvalue weighted by molar-refractivity contribution is -0.123. The Balaban J connectivity index is 1.52. The number of hydrogen-bond donors (Lipinski definition) is 1. The highest BCUT2D eigenvalue weighted by atomic mass is 32.1. The fourth-order valence-corrected chi connectivity index (χ4v) is 3.09. The standard InChI is InChI=1S/C17H16N2O3S/c1-11(20)12-4-6-14(7-5-12)18-16(21)13-9-19(10-13)17(22)15-3-2-8-23-15/h2-8,13H,9-10H2,1H3,(H,18,21). The Morgan fingerprint density at radius 3 is 2.39 bits per heavy atom. The molecule has 2 aromatic rings. The first-order valence-corrected chi connectivity index (χ1v) is 8.17. The highest BCUT2D eigenvalue weighted by Gasteiger charge is 2.36. The molecular weight excluding hydrogens is 312 g/mol. The average Bonchev–Trinajstić information content (AvgIpc) is 3.00. The van der Waals surface area contributed by atoms with Crippen molar-refractivity contribution in [3.63, 3.8) is 0 Å². The number of nitrogens with one attached hydrogen (secondary N) is 1. The van der Waals surface area contributed by atoms with Gasteiger partial charge in [0.15, 0.2) is 5.78 Å². The number of carbonyl (C=O) groups is 3. The van der Waals surface area contributed by atoms with Gasteiger partial charge in [0.1, 0.15) is 0 Å². The summed E-state index contributed by atoms with van der Waals surface area (Å²) < 4.78 is 0. The van der Waals surface area contributed by atoms with Crippen molar-refractivity contribution in [3.05, 3.63) is 52.2 Å². The number of likely N-dealkylation sites (tertiary alicyclic amines) is 1. The summed E-state index contributed by atoms with van der Waals surface area (Å²) in [5.41, 5.74) is 1.27. The van der Waals surface area contributed by atoms with Crippen molar-refractivity contribution in [2.24, 2.45) is 5.92 Å². The zero-order chi connectivity index (χ0) is 16.4. The van der Waals surface area contributed by atoms with E-state index in [9.17, 15) is 14.4 Å². The zero-order valence-electron chi connectivity index (χ0n) is 12.6. The average molecular weight is 328 g/mol. The van der Waals surface area contributed by atoms with E-state index in [0.29, 0.717) is 29.2 Å². The highest BCUT2D eigenvalue weighted by Crippen LogP contribution is 2.22. The quantitative estimate of drug-likeness (QED) is 0.878. The number of anilines is 1. The predicted molar refractivity (Wildman–Crippen MR) is 88.8 cm³/mol. The smallest absolute Gasteiger partial charge is 0.263 e. The Morgan fingerprint density at radius 2 is 1.83 bits per heavy atom. The number of carbonyl (C=O) groups excluding carboxylic acids is 3. The molecule has 1 saturated heterocycles. The van der Waals surface area contributed by atoms with Crippen LogP contribution in [-0.4, -0.2) is 35.6 Å². The van der Waals surface area contributed by atoms with Gasteiger partial charge in [0.05, 0.1) is 10.8 Å². The first-order chi connectivity index (χ1) is 11.0. The highest BCUT2D eigenvalue weighted by molar-refractivity contribution is 7.12. The predicted octanol–water partition coefficient (Wildman–Crippen LogP) is 2.66. The van der Waals surface area contributed by atoms with Gasteiger partial charge in [-0.25, -0.2) is 0 Å². The van der Waals surface area contributed by atoms with E-state index in [1.165, 1.54) is 18.3 Å².